The van der Waals surface area contributed by atoms with Crippen LogP contribution in [0.5, 0.6) is 0 Å². The van der Waals surface area contributed by atoms with E-state index in [1.807, 2.05) is 16.8 Å². The summed E-state index contributed by atoms with van der Waals surface area (Å²) in [7, 11) is 1.71. The third kappa shape index (κ3) is 2.08. The second kappa shape index (κ2) is 5.09. The van der Waals surface area contributed by atoms with Gasteiger partial charge < -0.3 is 10.5 Å². The second-order valence-corrected chi connectivity index (χ2v) is 3.74. The molecule has 0 aliphatic heterocycles. The van der Waals surface area contributed by atoms with Gasteiger partial charge in [0.2, 0.25) is 0 Å². The number of aryl methyl sites for hydroxylation is 1. The molecule has 16 heavy (non-hydrogen) atoms. The second-order valence-electron chi connectivity index (χ2n) is 3.74. The van der Waals surface area contributed by atoms with Crippen LogP contribution >= 0.6 is 0 Å². The van der Waals surface area contributed by atoms with Gasteiger partial charge in [-0.15, -0.1) is 0 Å². The van der Waals surface area contributed by atoms with E-state index < -0.39 is 0 Å². The number of para-hydroxylation sites is 1. The number of ether oxygens (including phenoxy) is 1. The first-order chi connectivity index (χ1) is 7.86. The zero-order valence-electron chi connectivity index (χ0n) is 9.52. The van der Waals surface area contributed by atoms with E-state index in [-0.39, 0.29) is 0 Å². The van der Waals surface area contributed by atoms with E-state index >= 15 is 0 Å². The van der Waals surface area contributed by atoms with Gasteiger partial charge in [0, 0.05) is 32.2 Å². The Morgan fingerprint density at radius 1 is 1.38 bits per heavy atom. The Hall–Kier alpha value is -1.39. The molecule has 0 aliphatic rings. The molecule has 86 valence electrons. The first-order valence-corrected chi connectivity index (χ1v) is 5.50. The van der Waals surface area contributed by atoms with Crippen molar-refractivity contribution in [2.45, 2.75) is 19.5 Å². The number of hydrogen-bond donors (Lipinski definition) is 1. The average Bonchev–Trinajstić information content (AvgIpc) is 2.68. The van der Waals surface area contributed by atoms with Gasteiger partial charge in [0.05, 0.1) is 11.2 Å². The largest absolute Gasteiger partial charge is 0.385 e. The minimum absolute atomic E-state index is 0.484. The Morgan fingerprint density at radius 3 is 2.94 bits per heavy atom. The Bertz CT molecular complexity index is 464. The molecule has 0 saturated heterocycles. The fraction of sp³-hybridized carbons (Fsp3) is 0.417. The van der Waals surface area contributed by atoms with E-state index in [9.17, 15) is 0 Å². The molecule has 0 aliphatic carbocycles. The number of hydrogen-bond acceptors (Lipinski definition) is 3. The van der Waals surface area contributed by atoms with Crippen LogP contribution in [-0.2, 0) is 17.8 Å². The van der Waals surface area contributed by atoms with Crippen LogP contribution in [0.2, 0.25) is 0 Å². The lowest BCUT2D eigenvalue weighted by molar-refractivity contribution is 0.189. The van der Waals surface area contributed by atoms with Gasteiger partial charge >= 0.3 is 0 Å². The van der Waals surface area contributed by atoms with Crippen LogP contribution in [0.25, 0.3) is 10.9 Å². The summed E-state index contributed by atoms with van der Waals surface area (Å²) in [6.45, 7) is 2.11. The number of fused-ring (bicyclic) bond motifs is 1. The third-order valence-electron chi connectivity index (χ3n) is 2.65. The van der Waals surface area contributed by atoms with Crippen molar-refractivity contribution in [1.82, 2.24) is 9.78 Å². The lowest BCUT2D eigenvalue weighted by atomic mass is 10.2. The summed E-state index contributed by atoms with van der Waals surface area (Å²) in [6.07, 6.45) is 0.964. The summed E-state index contributed by atoms with van der Waals surface area (Å²) in [5, 5.41) is 5.67. The Balaban J connectivity index is 2.30. The number of aromatic nitrogens is 2. The number of nitrogens with zero attached hydrogens (tertiary/aromatic N) is 2. The Morgan fingerprint density at radius 2 is 2.19 bits per heavy atom. The molecular formula is C12H17N3O. The molecule has 0 radical (unpaired) electrons. The van der Waals surface area contributed by atoms with Crippen molar-refractivity contribution >= 4 is 10.9 Å². The van der Waals surface area contributed by atoms with Gasteiger partial charge in [-0.2, -0.15) is 5.10 Å². The molecule has 0 fully saturated rings. The highest BCUT2D eigenvalue weighted by molar-refractivity contribution is 5.81. The van der Waals surface area contributed by atoms with Crippen LogP contribution in [0.1, 0.15) is 12.1 Å². The fourth-order valence-corrected chi connectivity index (χ4v) is 1.88. The van der Waals surface area contributed by atoms with Crippen molar-refractivity contribution in [2.75, 3.05) is 13.7 Å². The zero-order valence-corrected chi connectivity index (χ0v) is 9.52. The number of methoxy groups -OCH3 is 1. The highest BCUT2D eigenvalue weighted by Crippen LogP contribution is 2.18. The van der Waals surface area contributed by atoms with Gasteiger partial charge in [-0.25, -0.2) is 0 Å². The summed E-state index contributed by atoms with van der Waals surface area (Å²) in [6, 6.07) is 8.19. The lowest BCUT2D eigenvalue weighted by Crippen LogP contribution is -2.04. The Labute approximate surface area is 95.0 Å². The predicted molar refractivity (Wildman–Crippen MR) is 64.1 cm³/mol. The molecule has 2 N–H and O–H groups in total. The van der Waals surface area contributed by atoms with Crippen LogP contribution in [0.15, 0.2) is 24.3 Å². The van der Waals surface area contributed by atoms with E-state index in [4.69, 9.17) is 10.5 Å². The van der Waals surface area contributed by atoms with E-state index in [0.717, 1.165) is 36.2 Å². The van der Waals surface area contributed by atoms with Crippen molar-refractivity contribution in [3.05, 3.63) is 30.0 Å². The van der Waals surface area contributed by atoms with Gasteiger partial charge in [-0.3, -0.25) is 4.68 Å². The monoisotopic (exact) mass is 219 g/mol. The van der Waals surface area contributed by atoms with E-state index in [0.29, 0.717) is 6.54 Å². The first kappa shape index (κ1) is 11.1. The van der Waals surface area contributed by atoms with Gasteiger partial charge in [0.15, 0.2) is 0 Å². The molecule has 1 aromatic carbocycles. The zero-order chi connectivity index (χ0) is 11.4. The molecule has 0 bridgehead atoms. The van der Waals surface area contributed by atoms with E-state index in [2.05, 4.69) is 17.2 Å². The molecule has 2 aromatic rings. The minimum Gasteiger partial charge on any atom is -0.385 e. The summed E-state index contributed by atoms with van der Waals surface area (Å²) in [5.74, 6) is 0. The van der Waals surface area contributed by atoms with Gasteiger partial charge in [0.1, 0.15) is 0 Å². The first-order valence-electron chi connectivity index (χ1n) is 5.50. The molecule has 0 amide bonds. The smallest absolute Gasteiger partial charge is 0.0838 e. The quantitative estimate of drug-likeness (QED) is 0.776. The number of nitrogens with two attached hydrogens (primary N) is 1. The molecule has 2 rings (SSSR count). The minimum atomic E-state index is 0.484. The number of benzene rings is 1. The summed E-state index contributed by atoms with van der Waals surface area (Å²) in [5.41, 5.74) is 7.80. The highest BCUT2D eigenvalue weighted by atomic mass is 16.5. The van der Waals surface area contributed by atoms with Gasteiger partial charge in [0.25, 0.3) is 0 Å². The third-order valence-corrected chi connectivity index (χ3v) is 2.65. The summed E-state index contributed by atoms with van der Waals surface area (Å²) < 4.78 is 7.05. The maximum Gasteiger partial charge on any atom is 0.0838 e. The summed E-state index contributed by atoms with van der Waals surface area (Å²) in [4.78, 5) is 0. The highest BCUT2D eigenvalue weighted by Gasteiger charge is 2.07. The van der Waals surface area contributed by atoms with Gasteiger partial charge in [-0.1, -0.05) is 18.2 Å². The van der Waals surface area contributed by atoms with Crippen LogP contribution in [0.4, 0.5) is 0 Å². The van der Waals surface area contributed by atoms with Crippen LogP contribution < -0.4 is 5.73 Å². The van der Waals surface area contributed by atoms with Gasteiger partial charge in [-0.05, 0) is 12.5 Å². The normalized spacial score (nSPS) is 11.1. The lowest BCUT2D eigenvalue weighted by Gasteiger charge is -2.02. The average molecular weight is 219 g/mol. The van der Waals surface area contributed by atoms with E-state index in [1.54, 1.807) is 7.11 Å². The van der Waals surface area contributed by atoms with Crippen LogP contribution in [0, 0.1) is 0 Å². The van der Waals surface area contributed by atoms with Crippen LogP contribution in [0.3, 0.4) is 0 Å². The SMILES string of the molecule is COCCCn1nc(CN)c2ccccc21. The summed E-state index contributed by atoms with van der Waals surface area (Å²) >= 11 is 0. The van der Waals surface area contributed by atoms with Crippen LogP contribution in [-0.4, -0.2) is 23.5 Å². The molecule has 0 saturated carbocycles. The molecule has 1 heterocycles. The molecule has 0 atom stereocenters. The molecule has 0 unspecified atom stereocenters. The maximum atomic E-state index is 5.68. The van der Waals surface area contributed by atoms with Crippen molar-refractivity contribution in [3.63, 3.8) is 0 Å². The fourth-order valence-electron chi connectivity index (χ4n) is 1.88. The maximum absolute atomic E-state index is 5.68. The van der Waals surface area contributed by atoms with Crippen molar-refractivity contribution in [3.8, 4) is 0 Å². The molecule has 4 nitrogen and oxygen atoms in total. The molecule has 4 heteroatoms. The molecular weight excluding hydrogens is 202 g/mol. The topological polar surface area (TPSA) is 53.1 Å². The predicted octanol–water partition coefficient (Wildman–Crippen LogP) is 1.53. The molecule has 0 spiro atoms. The van der Waals surface area contributed by atoms with Crippen molar-refractivity contribution in [2.24, 2.45) is 5.73 Å². The van der Waals surface area contributed by atoms with Crippen molar-refractivity contribution in [1.29, 1.82) is 0 Å². The van der Waals surface area contributed by atoms with Crippen molar-refractivity contribution < 1.29 is 4.74 Å². The van der Waals surface area contributed by atoms with E-state index in [1.165, 1.54) is 0 Å². The Kier molecular flexibility index (Phi) is 3.54. The molecule has 1 aromatic heterocycles. The standard InChI is InChI=1S/C12H17N3O/c1-16-8-4-7-15-12-6-3-2-5-10(12)11(9-13)14-15/h2-3,5-6H,4,7-9,13H2,1H3. The number of rotatable bonds is 5.